The maximum atomic E-state index is 13.2. The molecular formula is C20H21ClF3IN4O2. The molecule has 6 nitrogen and oxygen atoms in total. The molecule has 2 aliphatic heterocycles. The molecule has 0 bridgehead atoms. The first-order valence-electron chi connectivity index (χ1n) is 9.76. The number of piperidine rings is 1. The number of aromatic nitrogens is 2. The van der Waals surface area contributed by atoms with E-state index in [2.05, 4.69) is 27.6 Å². The summed E-state index contributed by atoms with van der Waals surface area (Å²) in [4.78, 5) is 19.4. The fourth-order valence-electron chi connectivity index (χ4n) is 4.33. The first-order valence-corrected chi connectivity index (χ1v) is 11.4. The van der Waals surface area contributed by atoms with E-state index in [1.807, 2.05) is 4.90 Å². The van der Waals surface area contributed by atoms with Gasteiger partial charge in [0.25, 0.3) is 5.56 Å². The van der Waals surface area contributed by atoms with Crippen LogP contribution < -0.4 is 16.2 Å². The molecule has 2 aliphatic rings. The van der Waals surface area contributed by atoms with Gasteiger partial charge in [0.1, 0.15) is 15.8 Å². The van der Waals surface area contributed by atoms with E-state index in [4.69, 9.17) is 22.1 Å². The lowest BCUT2D eigenvalue weighted by Gasteiger charge is -2.41. The normalized spacial score (nSPS) is 23.5. The summed E-state index contributed by atoms with van der Waals surface area (Å²) >= 11 is 8.23. The van der Waals surface area contributed by atoms with Gasteiger partial charge in [-0.2, -0.15) is 13.2 Å². The van der Waals surface area contributed by atoms with Crippen molar-refractivity contribution in [2.45, 2.75) is 36.1 Å². The number of alkyl halides is 4. The lowest BCUT2D eigenvalue weighted by molar-refractivity contribution is -0.137. The van der Waals surface area contributed by atoms with Crippen LogP contribution in [0.1, 0.15) is 24.2 Å². The highest BCUT2D eigenvalue weighted by Gasteiger charge is 2.48. The van der Waals surface area contributed by atoms with Crippen molar-refractivity contribution in [1.29, 1.82) is 0 Å². The smallest absolute Gasteiger partial charge is 0.366 e. The number of nitrogens with zero attached hydrogens (tertiary/aromatic N) is 3. The van der Waals surface area contributed by atoms with Crippen LogP contribution in [0.25, 0.3) is 5.69 Å². The largest absolute Gasteiger partial charge is 0.417 e. The lowest BCUT2D eigenvalue weighted by Crippen LogP contribution is -2.50. The van der Waals surface area contributed by atoms with Gasteiger partial charge in [0.2, 0.25) is 0 Å². The summed E-state index contributed by atoms with van der Waals surface area (Å²) in [6.07, 6.45) is -2.99. The minimum absolute atomic E-state index is 0.00865. The molecule has 168 valence electrons. The predicted octanol–water partition coefficient (Wildman–Crippen LogP) is 3.92. The van der Waals surface area contributed by atoms with Crippen LogP contribution in [0.4, 0.5) is 19.0 Å². The average molecular weight is 569 g/mol. The Hall–Kier alpha value is -1.37. The highest BCUT2D eigenvalue weighted by atomic mass is 127. The van der Waals surface area contributed by atoms with Crippen LogP contribution >= 0.6 is 34.2 Å². The van der Waals surface area contributed by atoms with Gasteiger partial charge >= 0.3 is 6.18 Å². The molecule has 2 saturated heterocycles. The number of rotatable bonds is 2. The van der Waals surface area contributed by atoms with Gasteiger partial charge in [-0.25, -0.2) is 4.98 Å². The van der Waals surface area contributed by atoms with Crippen molar-refractivity contribution in [3.63, 3.8) is 0 Å². The number of anilines is 1. The van der Waals surface area contributed by atoms with Crippen molar-refractivity contribution in [2.75, 3.05) is 24.6 Å². The summed E-state index contributed by atoms with van der Waals surface area (Å²) < 4.78 is 46.5. The monoisotopic (exact) mass is 568 g/mol. The van der Waals surface area contributed by atoms with E-state index < -0.39 is 22.3 Å². The minimum Gasteiger partial charge on any atom is -0.366 e. The number of ether oxygens (including phenoxy) is 1. The van der Waals surface area contributed by atoms with Crippen LogP contribution in [0.15, 0.2) is 29.1 Å². The summed E-state index contributed by atoms with van der Waals surface area (Å²) in [5.41, 5.74) is 4.75. The Bertz CT molecular complexity index is 1050. The van der Waals surface area contributed by atoms with Gasteiger partial charge in [0.15, 0.2) is 0 Å². The van der Waals surface area contributed by atoms with E-state index in [0.717, 1.165) is 23.5 Å². The topological polar surface area (TPSA) is 73.4 Å². The maximum Gasteiger partial charge on any atom is 0.417 e. The van der Waals surface area contributed by atoms with Crippen molar-refractivity contribution < 1.29 is 17.9 Å². The van der Waals surface area contributed by atoms with Crippen molar-refractivity contribution in [3.8, 4) is 5.69 Å². The number of nitrogens with two attached hydrogens (primary N) is 1. The van der Waals surface area contributed by atoms with E-state index in [1.54, 1.807) is 6.92 Å². The molecule has 0 unspecified atom stereocenters. The number of aryl methyl sites for hydroxylation is 1. The Balaban J connectivity index is 1.62. The molecule has 2 atom stereocenters. The Morgan fingerprint density at radius 3 is 2.55 bits per heavy atom. The van der Waals surface area contributed by atoms with Gasteiger partial charge in [-0.3, -0.25) is 9.36 Å². The quantitative estimate of drug-likeness (QED) is 0.439. The highest BCUT2D eigenvalue weighted by Crippen LogP contribution is 2.43. The van der Waals surface area contributed by atoms with Gasteiger partial charge in [0, 0.05) is 30.6 Å². The molecule has 2 aromatic rings. The number of hydrogen-bond acceptors (Lipinski definition) is 5. The van der Waals surface area contributed by atoms with Gasteiger partial charge in [-0.15, -0.1) is 0 Å². The standard InChI is InChI=1S/C20H21ClF3IN4O2/c1-11-27-14(28-7-5-19(6-8-28)10-31-18(25)17(19)26)9-15(30)29(11)13-4-2-3-12(16(13)21)20(22,23)24/h2-4,9,17-18H,5-8,10,26H2,1H3/t17-,18-/m1/s1. The number of benzene rings is 1. The fraction of sp³-hybridized carbons (Fsp3) is 0.500. The van der Waals surface area contributed by atoms with Crippen molar-refractivity contribution in [2.24, 2.45) is 11.1 Å². The molecule has 2 fully saturated rings. The van der Waals surface area contributed by atoms with E-state index in [0.29, 0.717) is 25.5 Å². The van der Waals surface area contributed by atoms with Crippen molar-refractivity contribution >= 4 is 40.0 Å². The summed E-state index contributed by atoms with van der Waals surface area (Å²) in [5.74, 6) is 0.757. The van der Waals surface area contributed by atoms with E-state index in [1.165, 1.54) is 18.2 Å². The molecular weight excluding hydrogens is 548 g/mol. The molecule has 31 heavy (non-hydrogen) atoms. The molecule has 3 heterocycles. The van der Waals surface area contributed by atoms with Crippen molar-refractivity contribution in [3.05, 3.63) is 51.0 Å². The van der Waals surface area contributed by atoms with Crippen LogP contribution in [0, 0.1) is 12.3 Å². The Kier molecular flexibility index (Phi) is 6.03. The van der Waals surface area contributed by atoms with Gasteiger partial charge in [0.05, 0.1) is 22.9 Å². The SMILES string of the molecule is Cc1nc(N2CCC3(CC2)CO[C@@H](I)[C@H]3N)cc(=O)n1-c1cccc(C(F)(F)F)c1Cl. The second-order valence-corrected chi connectivity index (χ2v) is 9.61. The number of hydrogen-bond donors (Lipinski definition) is 1. The lowest BCUT2D eigenvalue weighted by atomic mass is 9.75. The fourth-order valence-corrected chi connectivity index (χ4v) is 5.59. The van der Waals surface area contributed by atoms with Gasteiger partial charge < -0.3 is 15.4 Å². The van der Waals surface area contributed by atoms with E-state index >= 15 is 0 Å². The molecule has 1 aromatic heterocycles. The summed E-state index contributed by atoms with van der Waals surface area (Å²) in [6, 6.07) is 4.78. The van der Waals surface area contributed by atoms with Gasteiger partial charge in [-0.05, 0) is 54.5 Å². The van der Waals surface area contributed by atoms with Crippen LogP contribution in [0.2, 0.25) is 5.02 Å². The first kappa shape index (κ1) is 22.8. The number of halogens is 5. The van der Waals surface area contributed by atoms with Crippen molar-refractivity contribution in [1.82, 2.24) is 9.55 Å². The third kappa shape index (κ3) is 4.07. The van der Waals surface area contributed by atoms with Crippen LogP contribution in [0.5, 0.6) is 0 Å². The molecule has 0 saturated carbocycles. The average Bonchev–Trinajstić information content (AvgIpc) is 2.97. The van der Waals surface area contributed by atoms with E-state index in [9.17, 15) is 18.0 Å². The van der Waals surface area contributed by atoms with Crippen LogP contribution in [-0.2, 0) is 10.9 Å². The summed E-state index contributed by atoms with van der Waals surface area (Å²) in [5, 5.41) is -0.529. The van der Waals surface area contributed by atoms with Gasteiger partial charge in [-0.1, -0.05) is 17.7 Å². The highest BCUT2D eigenvalue weighted by molar-refractivity contribution is 14.1. The Morgan fingerprint density at radius 1 is 1.32 bits per heavy atom. The minimum atomic E-state index is -4.62. The van der Waals surface area contributed by atoms with E-state index in [-0.39, 0.29) is 27.1 Å². The second kappa shape index (κ2) is 8.20. The molecule has 11 heteroatoms. The Morgan fingerprint density at radius 2 is 2.00 bits per heavy atom. The summed E-state index contributed by atoms with van der Waals surface area (Å²) in [7, 11) is 0. The molecule has 4 rings (SSSR count). The zero-order valence-corrected chi connectivity index (χ0v) is 19.5. The molecule has 1 spiro atoms. The molecule has 1 aromatic carbocycles. The predicted molar refractivity (Wildman–Crippen MR) is 120 cm³/mol. The Labute approximate surface area is 195 Å². The zero-order chi connectivity index (χ0) is 22.6. The summed E-state index contributed by atoms with van der Waals surface area (Å²) in [6.45, 7) is 3.54. The molecule has 0 aliphatic carbocycles. The third-order valence-electron chi connectivity index (χ3n) is 6.20. The zero-order valence-electron chi connectivity index (χ0n) is 16.6. The third-order valence-corrected chi connectivity index (χ3v) is 7.73. The maximum absolute atomic E-state index is 13.2. The van der Waals surface area contributed by atoms with Crippen LogP contribution in [-0.4, -0.2) is 39.4 Å². The first-order chi connectivity index (χ1) is 14.5. The molecule has 2 N–H and O–H groups in total. The molecule has 0 radical (unpaired) electrons. The second-order valence-electron chi connectivity index (χ2n) is 8.01. The van der Waals surface area contributed by atoms with Crippen LogP contribution in [0.3, 0.4) is 0 Å². The molecule has 0 amide bonds.